The molecular weight excluding hydrogens is 446 g/mol. The van der Waals surface area contributed by atoms with E-state index in [1.54, 1.807) is 0 Å². The van der Waals surface area contributed by atoms with Crippen molar-refractivity contribution in [2.24, 2.45) is 7.05 Å². The molecule has 2 aromatic rings. The van der Waals surface area contributed by atoms with Crippen LogP contribution in [0.1, 0.15) is 93.9 Å². The molecule has 0 amide bonds. The molecule has 0 radical (unpaired) electrons. The molecule has 6 nitrogen and oxygen atoms in total. The van der Waals surface area contributed by atoms with Crippen LogP contribution in [0.25, 0.3) is 16.6 Å². The fourth-order valence-electron chi connectivity index (χ4n) is 3.82. The van der Waals surface area contributed by atoms with Gasteiger partial charge in [0.1, 0.15) is 0 Å². The zero-order valence-corrected chi connectivity index (χ0v) is 24.1. The monoisotopic (exact) mass is 493 g/mol. The van der Waals surface area contributed by atoms with Crippen LogP contribution in [0.15, 0.2) is 59.3 Å². The Balaban J connectivity index is 1.90. The number of hydrogen-bond donors (Lipinski definition) is 0. The second-order valence-corrected chi connectivity index (χ2v) is 11.1. The molecule has 2 rings (SSSR count). The first-order valence-corrected chi connectivity index (χ1v) is 13.1. The predicted molar refractivity (Wildman–Crippen MR) is 151 cm³/mol. The van der Waals surface area contributed by atoms with E-state index in [1.165, 1.54) is 28.6 Å². The average molecular weight is 494 g/mol. The Hall–Kier alpha value is -2.73. The van der Waals surface area contributed by atoms with Crippen LogP contribution in [0.4, 0.5) is 5.82 Å². The first-order chi connectivity index (χ1) is 17.0. The molecule has 198 valence electrons. The van der Waals surface area contributed by atoms with Crippen molar-refractivity contribution in [2.75, 3.05) is 0 Å². The van der Waals surface area contributed by atoms with Crippen molar-refractivity contribution in [2.45, 2.75) is 106 Å². The second-order valence-electron chi connectivity index (χ2n) is 11.1. The molecule has 0 aliphatic rings. The van der Waals surface area contributed by atoms with Gasteiger partial charge in [-0.05, 0) is 93.9 Å². The molecule has 0 unspecified atom stereocenters. The van der Waals surface area contributed by atoms with Crippen LogP contribution in [0.5, 0.6) is 0 Å². The van der Waals surface area contributed by atoms with Gasteiger partial charge in [-0.25, -0.2) is 4.57 Å². The molecule has 0 bridgehead atoms. The predicted octanol–water partition coefficient (Wildman–Crippen LogP) is 8.14. The fraction of sp³-hybridized carbons (Fsp3) is 0.567. The maximum absolute atomic E-state index is 5.64. The lowest BCUT2D eigenvalue weighted by Gasteiger charge is -2.25. The molecule has 0 fully saturated rings. The van der Waals surface area contributed by atoms with Gasteiger partial charge >= 0.3 is 5.65 Å². The Bertz CT molecular complexity index is 1110. The highest BCUT2D eigenvalue weighted by Crippen LogP contribution is 2.27. The van der Waals surface area contributed by atoms with E-state index in [1.807, 2.05) is 38.7 Å². The molecule has 36 heavy (non-hydrogen) atoms. The van der Waals surface area contributed by atoms with Gasteiger partial charge < -0.3 is 15.3 Å². The molecule has 0 aromatic carbocycles. The van der Waals surface area contributed by atoms with E-state index in [4.69, 9.17) is 4.84 Å². The summed E-state index contributed by atoms with van der Waals surface area (Å²) in [5, 5.41) is 0. The summed E-state index contributed by atoms with van der Waals surface area (Å²) in [6.45, 7) is 17.7. The highest BCUT2D eigenvalue weighted by atomic mass is 16.7. The van der Waals surface area contributed by atoms with Crippen LogP contribution < -0.4 is 4.57 Å². The Morgan fingerprint density at radius 2 is 1.44 bits per heavy atom. The third-order valence-electron chi connectivity index (χ3n) is 5.91. The number of hydrogen-bond acceptors (Lipinski definition) is 3. The zero-order valence-electron chi connectivity index (χ0n) is 24.1. The lowest BCUT2D eigenvalue weighted by molar-refractivity contribution is -0.647. The Labute approximate surface area is 218 Å². The Morgan fingerprint density at radius 3 is 2.00 bits per heavy atom. The molecule has 6 heteroatoms. The van der Waals surface area contributed by atoms with Crippen molar-refractivity contribution in [1.82, 2.24) is 14.5 Å². The number of nitrogens with zero attached hydrogens (tertiary/aromatic N) is 5. The molecule has 0 aliphatic carbocycles. The Morgan fingerprint density at radius 1 is 0.889 bits per heavy atom. The van der Waals surface area contributed by atoms with Gasteiger partial charge in [0.15, 0.2) is 11.8 Å². The molecule has 0 N–H and O–H groups in total. The van der Waals surface area contributed by atoms with Gasteiger partial charge in [0.25, 0.3) is 0 Å². The standard InChI is InChI=1S/C30H47N5O/c1-23(2)13-10-14-24(3)15-11-16-25(4)17-12-18-26(5)19-20-35-22-34(9)29-27(35)28(31-21-32-29)33-36-30(6,7)8/h13,15,17,19,21-22H,10-12,14,16,18,20H2,1-9H3/b24-15+,25-17+,26-19+. The SMILES string of the molecule is CC(C)=CCC/C(C)=C/CC/C(C)=C/CC/C(C)=C/Cn1c[n+](C)c2ncnc([N-]OC(C)(C)C)c21. The first kappa shape index (κ1) is 29.5. The zero-order chi connectivity index (χ0) is 26.7. The van der Waals surface area contributed by atoms with Gasteiger partial charge in [0.2, 0.25) is 0 Å². The van der Waals surface area contributed by atoms with E-state index in [0.29, 0.717) is 5.82 Å². The second kappa shape index (κ2) is 14.1. The van der Waals surface area contributed by atoms with Gasteiger partial charge in [-0.1, -0.05) is 46.6 Å². The summed E-state index contributed by atoms with van der Waals surface area (Å²) in [4.78, 5) is 14.4. The van der Waals surface area contributed by atoms with E-state index in [0.717, 1.165) is 56.2 Å². The highest BCUT2D eigenvalue weighted by Gasteiger charge is 2.16. The molecular formula is C30H47N5O. The highest BCUT2D eigenvalue weighted by molar-refractivity contribution is 5.81. The first-order valence-electron chi connectivity index (χ1n) is 13.1. The summed E-state index contributed by atoms with van der Waals surface area (Å²) in [6, 6.07) is 0. The van der Waals surface area contributed by atoms with Crippen LogP contribution in [-0.4, -0.2) is 20.1 Å². The van der Waals surface area contributed by atoms with Crippen LogP contribution in [0.3, 0.4) is 0 Å². The van der Waals surface area contributed by atoms with Crippen LogP contribution in [0.2, 0.25) is 0 Å². The van der Waals surface area contributed by atoms with Crippen molar-refractivity contribution in [3.05, 3.63) is 64.7 Å². The summed E-state index contributed by atoms with van der Waals surface area (Å²) in [5.41, 5.74) is 11.4. The van der Waals surface area contributed by atoms with Crippen molar-refractivity contribution in [3.8, 4) is 0 Å². The lowest BCUT2D eigenvalue weighted by Crippen LogP contribution is -2.26. The minimum absolute atomic E-state index is 0.375. The quantitative estimate of drug-likeness (QED) is 0.161. The molecule has 2 heterocycles. The molecule has 0 saturated heterocycles. The average Bonchev–Trinajstić information content (AvgIpc) is 3.11. The smallest absolute Gasteiger partial charge is 0.300 e. The number of aromatic nitrogens is 4. The van der Waals surface area contributed by atoms with E-state index in [9.17, 15) is 0 Å². The summed E-state index contributed by atoms with van der Waals surface area (Å²) < 4.78 is 4.14. The minimum atomic E-state index is -0.375. The summed E-state index contributed by atoms with van der Waals surface area (Å²) >= 11 is 0. The number of imidazole rings is 1. The normalized spacial score (nSPS) is 13.4. The van der Waals surface area contributed by atoms with Gasteiger partial charge in [0, 0.05) is 5.82 Å². The fourth-order valence-corrected chi connectivity index (χ4v) is 3.82. The number of fused-ring (bicyclic) bond motifs is 1. The van der Waals surface area contributed by atoms with Crippen molar-refractivity contribution in [3.63, 3.8) is 0 Å². The molecule has 0 aliphatic heterocycles. The van der Waals surface area contributed by atoms with E-state index >= 15 is 0 Å². The van der Waals surface area contributed by atoms with Crippen LogP contribution in [-0.2, 0) is 18.4 Å². The maximum atomic E-state index is 5.64. The van der Waals surface area contributed by atoms with Crippen molar-refractivity contribution in [1.29, 1.82) is 0 Å². The molecule has 0 spiro atoms. The van der Waals surface area contributed by atoms with E-state index in [2.05, 4.69) is 78.9 Å². The largest absolute Gasteiger partial charge is 0.407 e. The Kier molecular flexibility index (Phi) is 11.6. The summed E-state index contributed by atoms with van der Waals surface area (Å²) in [7, 11) is 1.99. The van der Waals surface area contributed by atoms with Crippen molar-refractivity contribution < 1.29 is 9.40 Å². The number of aryl methyl sites for hydroxylation is 1. The van der Waals surface area contributed by atoms with E-state index < -0.39 is 0 Å². The van der Waals surface area contributed by atoms with Gasteiger partial charge in [-0.2, -0.15) is 0 Å². The van der Waals surface area contributed by atoms with Crippen LogP contribution >= 0.6 is 0 Å². The van der Waals surface area contributed by atoms with Crippen LogP contribution in [0, 0.1) is 0 Å². The molecule has 0 saturated carbocycles. The third-order valence-corrected chi connectivity index (χ3v) is 5.91. The van der Waals surface area contributed by atoms with E-state index in [-0.39, 0.29) is 5.60 Å². The third kappa shape index (κ3) is 10.5. The molecule has 0 atom stereocenters. The minimum Gasteiger partial charge on any atom is -0.407 e. The van der Waals surface area contributed by atoms with Gasteiger partial charge in [-0.15, -0.1) is 4.98 Å². The van der Waals surface area contributed by atoms with Gasteiger partial charge in [-0.3, -0.25) is 4.57 Å². The maximum Gasteiger partial charge on any atom is 0.300 e. The number of allylic oxidation sites excluding steroid dienone is 8. The van der Waals surface area contributed by atoms with Gasteiger partial charge in [0.05, 0.1) is 25.5 Å². The molecule has 2 aromatic heterocycles. The van der Waals surface area contributed by atoms with Crippen molar-refractivity contribution >= 4 is 17.0 Å². The summed E-state index contributed by atoms with van der Waals surface area (Å²) in [5.74, 6) is 0.557. The topological polar surface area (TPSA) is 57.9 Å². The lowest BCUT2D eigenvalue weighted by atomic mass is 10.0. The number of rotatable bonds is 13. The summed E-state index contributed by atoms with van der Waals surface area (Å²) in [6.07, 6.45) is 19.7.